The van der Waals surface area contributed by atoms with Crippen molar-refractivity contribution in [3.05, 3.63) is 59.1 Å². The predicted molar refractivity (Wildman–Crippen MR) is 106 cm³/mol. The monoisotopic (exact) mass is 412 g/mol. The van der Waals surface area contributed by atoms with Gasteiger partial charge in [-0.1, -0.05) is 29.8 Å². The summed E-state index contributed by atoms with van der Waals surface area (Å²) in [5.41, 5.74) is 0.554. The lowest BCUT2D eigenvalue weighted by Gasteiger charge is -2.16. The van der Waals surface area contributed by atoms with Gasteiger partial charge in [0, 0.05) is 30.6 Å². The quantitative estimate of drug-likeness (QED) is 0.708. The molecule has 2 rings (SSSR count). The van der Waals surface area contributed by atoms with Crippen molar-refractivity contribution in [3.63, 3.8) is 0 Å². The highest BCUT2D eigenvalue weighted by atomic mass is 35.5. The molecule has 0 bridgehead atoms. The zero-order valence-corrected chi connectivity index (χ0v) is 17.2. The largest absolute Gasteiger partial charge is 0.351 e. The Labute approximate surface area is 163 Å². The average Bonchev–Trinajstić information content (AvgIpc) is 2.61. The first-order valence-electron chi connectivity index (χ1n) is 7.92. The maximum absolute atomic E-state index is 12.4. The number of benzene rings is 2. The Balaban J connectivity index is 2.04. The zero-order valence-electron chi connectivity index (χ0n) is 14.8. The third kappa shape index (κ3) is 5.23. The van der Waals surface area contributed by atoms with E-state index in [-0.39, 0.29) is 22.6 Å². The van der Waals surface area contributed by atoms with E-state index in [2.05, 4.69) is 5.32 Å². The third-order valence-electron chi connectivity index (χ3n) is 3.68. The van der Waals surface area contributed by atoms with Crippen molar-refractivity contribution in [2.45, 2.75) is 28.5 Å². The summed E-state index contributed by atoms with van der Waals surface area (Å²) in [6, 6.07) is 13.9. The molecule has 1 N–H and O–H groups in total. The molecule has 0 heterocycles. The van der Waals surface area contributed by atoms with Crippen molar-refractivity contribution in [2.75, 3.05) is 14.1 Å². The number of hydrogen-bond donors (Lipinski definition) is 1. The van der Waals surface area contributed by atoms with Crippen LogP contribution in [0.1, 0.15) is 12.5 Å². The minimum atomic E-state index is -3.56. The number of hydrogen-bond acceptors (Lipinski definition) is 4. The first-order chi connectivity index (χ1) is 12.2. The smallest absolute Gasteiger partial charge is 0.242 e. The molecule has 0 aliphatic heterocycles. The van der Waals surface area contributed by atoms with E-state index in [9.17, 15) is 13.2 Å². The van der Waals surface area contributed by atoms with E-state index in [4.69, 9.17) is 11.6 Å². The number of sulfonamides is 1. The molecule has 0 aliphatic rings. The van der Waals surface area contributed by atoms with Gasteiger partial charge in [0.2, 0.25) is 15.9 Å². The topological polar surface area (TPSA) is 66.5 Å². The highest BCUT2D eigenvalue weighted by molar-refractivity contribution is 8.00. The molecular formula is C18H21ClN2O3S2. The van der Waals surface area contributed by atoms with Crippen LogP contribution >= 0.6 is 23.4 Å². The van der Waals surface area contributed by atoms with Gasteiger partial charge in [0.15, 0.2) is 0 Å². The van der Waals surface area contributed by atoms with Crippen LogP contribution in [0.2, 0.25) is 5.02 Å². The molecule has 0 unspecified atom stereocenters. The summed E-state index contributed by atoms with van der Waals surface area (Å²) in [7, 11) is -0.601. The van der Waals surface area contributed by atoms with Crippen LogP contribution in [-0.2, 0) is 21.4 Å². The maximum Gasteiger partial charge on any atom is 0.242 e. The molecular weight excluding hydrogens is 392 g/mol. The molecule has 0 saturated heterocycles. The second-order valence-corrected chi connectivity index (χ2v) is 9.80. The molecule has 140 valence electrons. The summed E-state index contributed by atoms with van der Waals surface area (Å²) < 4.78 is 26.0. The second-order valence-electron chi connectivity index (χ2n) is 5.83. The van der Waals surface area contributed by atoms with Crippen molar-refractivity contribution < 1.29 is 13.2 Å². The fourth-order valence-corrected chi connectivity index (χ4v) is 4.33. The number of nitrogens with zero attached hydrogens (tertiary/aromatic N) is 1. The lowest BCUT2D eigenvalue weighted by Crippen LogP contribution is -2.31. The standard InChI is InChI=1S/C18H21ClN2O3S2/c1-13(25-16-10-8-15(19)9-11-16)18(22)20-12-14-6-4-5-7-17(14)26(23,24)21(2)3/h4-11,13H,12H2,1-3H3,(H,20,22)/t13-/m0/s1. The fraction of sp³-hybridized carbons (Fsp3) is 0.278. The van der Waals surface area contributed by atoms with Crippen molar-refractivity contribution in [1.29, 1.82) is 0 Å². The average molecular weight is 413 g/mol. The highest BCUT2D eigenvalue weighted by Crippen LogP contribution is 2.25. The Kier molecular flexibility index (Phi) is 7.11. The third-order valence-corrected chi connectivity index (χ3v) is 6.96. The van der Waals surface area contributed by atoms with Crippen LogP contribution in [0.5, 0.6) is 0 Å². The summed E-state index contributed by atoms with van der Waals surface area (Å²) in [4.78, 5) is 13.5. The Bertz CT molecular complexity index is 868. The molecule has 0 spiro atoms. The summed E-state index contributed by atoms with van der Waals surface area (Å²) in [6.45, 7) is 1.95. The number of halogens is 1. The Morgan fingerprint density at radius 2 is 1.77 bits per heavy atom. The zero-order chi connectivity index (χ0) is 19.3. The van der Waals surface area contributed by atoms with Crippen molar-refractivity contribution >= 4 is 39.3 Å². The van der Waals surface area contributed by atoms with Crippen molar-refractivity contribution in [1.82, 2.24) is 9.62 Å². The summed E-state index contributed by atoms with van der Waals surface area (Å²) in [5.74, 6) is -0.165. The van der Waals surface area contributed by atoms with Gasteiger partial charge < -0.3 is 5.32 Å². The van der Waals surface area contributed by atoms with Crippen LogP contribution in [0, 0.1) is 0 Å². The number of carbonyl (C=O) groups is 1. The Morgan fingerprint density at radius 3 is 2.38 bits per heavy atom. The molecule has 5 nitrogen and oxygen atoms in total. The molecule has 8 heteroatoms. The van der Waals surface area contributed by atoms with E-state index in [1.807, 2.05) is 12.1 Å². The van der Waals surface area contributed by atoms with E-state index in [0.29, 0.717) is 10.6 Å². The first-order valence-corrected chi connectivity index (χ1v) is 10.6. The highest BCUT2D eigenvalue weighted by Gasteiger charge is 2.21. The van der Waals surface area contributed by atoms with Crippen LogP contribution in [0.25, 0.3) is 0 Å². The molecule has 0 aliphatic carbocycles. The molecule has 0 aromatic heterocycles. The van der Waals surface area contributed by atoms with Gasteiger partial charge in [0.25, 0.3) is 0 Å². The van der Waals surface area contributed by atoms with E-state index in [1.165, 1.54) is 25.9 Å². The minimum absolute atomic E-state index is 0.146. The van der Waals surface area contributed by atoms with Crippen LogP contribution in [0.15, 0.2) is 58.3 Å². The number of amides is 1. The van der Waals surface area contributed by atoms with Gasteiger partial charge in [-0.2, -0.15) is 0 Å². The molecule has 26 heavy (non-hydrogen) atoms. The number of thioether (sulfide) groups is 1. The molecule has 2 aromatic carbocycles. The van der Waals surface area contributed by atoms with E-state index >= 15 is 0 Å². The number of nitrogens with one attached hydrogen (secondary N) is 1. The molecule has 1 amide bonds. The van der Waals surface area contributed by atoms with E-state index in [0.717, 1.165) is 9.20 Å². The fourth-order valence-electron chi connectivity index (χ4n) is 2.20. The second kappa shape index (κ2) is 8.90. The summed E-state index contributed by atoms with van der Waals surface area (Å²) >= 11 is 7.27. The molecule has 0 radical (unpaired) electrons. The normalized spacial score (nSPS) is 12.8. The van der Waals surface area contributed by atoms with Crippen LogP contribution < -0.4 is 5.32 Å². The van der Waals surface area contributed by atoms with Gasteiger partial charge in [0.1, 0.15) is 0 Å². The van der Waals surface area contributed by atoms with Gasteiger partial charge in [-0.25, -0.2) is 12.7 Å². The van der Waals surface area contributed by atoms with Crippen LogP contribution in [-0.4, -0.2) is 38.0 Å². The van der Waals surface area contributed by atoms with Crippen LogP contribution in [0.3, 0.4) is 0 Å². The van der Waals surface area contributed by atoms with Gasteiger partial charge in [0.05, 0.1) is 10.1 Å². The maximum atomic E-state index is 12.4. The number of rotatable bonds is 7. The van der Waals surface area contributed by atoms with E-state index in [1.54, 1.807) is 43.3 Å². The molecule has 2 aromatic rings. The predicted octanol–water partition coefficient (Wildman–Crippen LogP) is 3.39. The van der Waals surface area contributed by atoms with Crippen molar-refractivity contribution in [3.8, 4) is 0 Å². The lowest BCUT2D eigenvalue weighted by atomic mass is 10.2. The first kappa shape index (κ1) is 20.8. The summed E-state index contributed by atoms with van der Waals surface area (Å²) in [5, 5.41) is 3.13. The SMILES string of the molecule is C[C@H](Sc1ccc(Cl)cc1)C(=O)NCc1ccccc1S(=O)(=O)N(C)C. The molecule has 0 fully saturated rings. The van der Waals surface area contributed by atoms with Gasteiger partial charge in [-0.3, -0.25) is 4.79 Å². The molecule has 0 saturated carbocycles. The Morgan fingerprint density at radius 1 is 1.15 bits per heavy atom. The van der Waals surface area contributed by atoms with Gasteiger partial charge in [-0.15, -0.1) is 11.8 Å². The Hall–Kier alpha value is -1.54. The van der Waals surface area contributed by atoms with Gasteiger partial charge in [-0.05, 0) is 42.8 Å². The molecule has 1 atom stereocenters. The lowest BCUT2D eigenvalue weighted by molar-refractivity contribution is -0.120. The van der Waals surface area contributed by atoms with Crippen molar-refractivity contribution in [2.24, 2.45) is 0 Å². The summed E-state index contributed by atoms with van der Waals surface area (Å²) in [6.07, 6.45) is 0. The van der Waals surface area contributed by atoms with E-state index < -0.39 is 10.0 Å². The van der Waals surface area contributed by atoms with Crippen LogP contribution in [0.4, 0.5) is 0 Å². The number of carbonyl (C=O) groups excluding carboxylic acids is 1. The van der Waals surface area contributed by atoms with Gasteiger partial charge >= 0.3 is 0 Å². The minimum Gasteiger partial charge on any atom is -0.351 e.